The molecule has 0 N–H and O–H groups in total. The van der Waals surface area contributed by atoms with Crippen molar-refractivity contribution >= 4 is 0 Å². The third kappa shape index (κ3) is 3.90. The van der Waals surface area contributed by atoms with Crippen molar-refractivity contribution in [2.75, 3.05) is 26.2 Å². The maximum atomic E-state index is 5.99. The van der Waals surface area contributed by atoms with E-state index in [0.717, 1.165) is 48.4 Å². The van der Waals surface area contributed by atoms with Crippen LogP contribution >= 0.6 is 0 Å². The number of para-hydroxylation sites is 1. The van der Waals surface area contributed by atoms with E-state index < -0.39 is 0 Å². The minimum atomic E-state index is 0.633. The van der Waals surface area contributed by atoms with E-state index >= 15 is 0 Å². The van der Waals surface area contributed by atoms with Gasteiger partial charge in [0.2, 0.25) is 5.89 Å². The second-order valence-electron chi connectivity index (χ2n) is 7.88. The fourth-order valence-electron chi connectivity index (χ4n) is 4.37. The van der Waals surface area contributed by atoms with Crippen molar-refractivity contribution < 1.29 is 9.15 Å². The Labute approximate surface area is 162 Å². The minimum Gasteiger partial charge on any atom is -0.493 e. The predicted octanol–water partition coefficient (Wildman–Crippen LogP) is 4.11. The monoisotopic (exact) mass is 369 g/mol. The van der Waals surface area contributed by atoms with E-state index in [1.165, 1.54) is 25.8 Å². The predicted molar refractivity (Wildman–Crippen MR) is 107 cm³/mol. The fraction of sp³-hybridized carbons (Fsp3) is 0.591. The molecule has 0 bridgehead atoms. The highest BCUT2D eigenvalue weighted by Crippen LogP contribution is 2.32. The van der Waals surface area contributed by atoms with Crippen LogP contribution < -0.4 is 4.74 Å². The number of aromatic nitrogens is 1. The molecule has 4 rings (SSSR count). The molecule has 1 aromatic heterocycles. The number of piperidine rings is 1. The van der Waals surface area contributed by atoms with Crippen LogP contribution in [-0.4, -0.2) is 53.1 Å². The first-order valence-corrected chi connectivity index (χ1v) is 10.3. The molecule has 1 unspecified atom stereocenters. The summed E-state index contributed by atoms with van der Waals surface area (Å²) < 4.78 is 11.7. The SMILES string of the molecule is CCOc1ccccc1-c1nc(CN2CC(N3CCCCC3C)C2)c(C)o1. The van der Waals surface area contributed by atoms with Crippen LogP contribution in [0.5, 0.6) is 5.75 Å². The average Bonchev–Trinajstić information content (AvgIpc) is 3.00. The number of likely N-dealkylation sites (tertiary alicyclic amines) is 2. The Morgan fingerprint density at radius 2 is 2.04 bits per heavy atom. The Morgan fingerprint density at radius 3 is 2.81 bits per heavy atom. The molecule has 5 heteroatoms. The van der Waals surface area contributed by atoms with Crippen molar-refractivity contribution in [3.05, 3.63) is 35.7 Å². The highest BCUT2D eigenvalue weighted by Gasteiger charge is 2.35. The van der Waals surface area contributed by atoms with Crippen molar-refractivity contribution in [1.29, 1.82) is 0 Å². The lowest BCUT2D eigenvalue weighted by atomic mass is 9.97. The van der Waals surface area contributed by atoms with Crippen molar-refractivity contribution in [2.45, 2.75) is 58.7 Å². The van der Waals surface area contributed by atoms with E-state index in [2.05, 4.69) is 16.7 Å². The van der Waals surface area contributed by atoms with E-state index in [4.69, 9.17) is 14.1 Å². The van der Waals surface area contributed by atoms with Gasteiger partial charge in [-0.05, 0) is 52.3 Å². The van der Waals surface area contributed by atoms with Crippen molar-refractivity contribution in [3.63, 3.8) is 0 Å². The summed E-state index contributed by atoms with van der Waals surface area (Å²) in [4.78, 5) is 9.98. The van der Waals surface area contributed by atoms with Gasteiger partial charge in [0.25, 0.3) is 0 Å². The fourth-order valence-corrected chi connectivity index (χ4v) is 4.37. The second kappa shape index (κ2) is 8.03. The van der Waals surface area contributed by atoms with Crippen LogP contribution in [0.25, 0.3) is 11.5 Å². The Kier molecular flexibility index (Phi) is 5.50. The maximum Gasteiger partial charge on any atom is 0.230 e. The van der Waals surface area contributed by atoms with Crippen LogP contribution in [0.4, 0.5) is 0 Å². The van der Waals surface area contributed by atoms with Crippen molar-refractivity contribution in [1.82, 2.24) is 14.8 Å². The lowest BCUT2D eigenvalue weighted by molar-refractivity contribution is -0.00685. The van der Waals surface area contributed by atoms with Gasteiger partial charge in [-0.25, -0.2) is 4.98 Å². The number of hydrogen-bond donors (Lipinski definition) is 0. The second-order valence-corrected chi connectivity index (χ2v) is 7.88. The summed E-state index contributed by atoms with van der Waals surface area (Å²) in [5, 5.41) is 0. The number of benzene rings is 1. The van der Waals surface area contributed by atoms with Gasteiger partial charge in [0.1, 0.15) is 11.5 Å². The van der Waals surface area contributed by atoms with Crippen LogP contribution in [0.2, 0.25) is 0 Å². The van der Waals surface area contributed by atoms with Gasteiger partial charge in [-0.1, -0.05) is 18.6 Å². The molecule has 3 heterocycles. The number of rotatable bonds is 6. The third-order valence-electron chi connectivity index (χ3n) is 5.94. The Hall–Kier alpha value is -1.85. The quantitative estimate of drug-likeness (QED) is 0.767. The number of ether oxygens (including phenoxy) is 1. The lowest BCUT2D eigenvalue weighted by Crippen LogP contribution is -2.61. The highest BCUT2D eigenvalue weighted by molar-refractivity contribution is 5.63. The van der Waals surface area contributed by atoms with Crippen molar-refractivity contribution in [3.8, 4) is 17.2 Å². The standard InChI is InChI=1S/C22H31N3O2/c1-4-26-21-11-6-5-10-19(21)22-23-20(17(3)27-22)15-24-13-18(14-24)25-12-8-7-9-16(25)2/h5-6,10-11,16,18H,4,7-9,12-15H2,1-3H3. The summed E-state index contributed by atoms with van der Waals surface area (Å²) in [7, 11) is 0. The van der Waals surface area contributed by atoms with Gasteiger partial charge in [0, 0.05) is 31.7 Å². The molecule has 2 saturated heterocycles. The van der Waals surface area contributed by atoms with E-state index in [0.29, 0.717) is 18.5 Å². The normalized spacial score (nSPS) is 22.0. The molecule has 27 heavy (non-hydrogen) atoms. The number of hydrogen-bond acceptors (Lipinski definition) is 5. The molecule has 2 fully saturated rings. The van der Waals surface area contributed by atoms with E-state index in [1.807, 2.05) is 38.1 Å². The molecule has 1 aromatic carbocycles. The Morgan fingerprint density at radius 1 is 1.22 bits per heavy atom. The first-order chi connectivity index (χ1) is 13.2. The van der Waals surface area contributed by atoms with Crippen LogP contribution in [0.15, 0.2) is 28.7 Å². The topological polar surface area (TPSA) is 41.7 Å². The minimum absolute atomic E-state index is 0.633. The Balaban J connectivity index is 1.40. The molecule has 0 amide bonds. The zero-order valence-corrected chi connectivity index (χ0v) is 16.8. The van der Waals surface area contributed by atoms with Gasteiger partial charge in [0.05, 0.1) is 17.9 Å². The largest absolute Gasteiger partial charge is 0.493 e. The summed E-state index contributed by atoms with van der Waals surface area (Å²) in [6, 6.07) is 9.41. The summed E-state index contributed by atoms with van der Waals surface area (Å²) in [6.45, 7) is 11.4. The van der Waals surface area contributed by atoms with Gasteiger partial charge in [-0.15, -0.1) is 0 Å². The summed E-state index contributed by atoms with van der Waals surface area (Å²) in [6.07, 6.45) is 4.09. The smallest absolute Gasteiger partial charge is 0.230 e. The summed E-state index contributed by atoms with van der Waals surface area (Å²) in [5.74, 6) is 2.40. The zero-order chi connectivity index (χ0) is 18.8. The Bertz CT molecular complexity index is 767. The molecule has 0 saturated carbocycles. The molecule has 2 aromatic rings. The van der Waals surface area contributed by atoms with Crippen LogP contribution in [0.1, 0.15) is 44.6 Å². The highest BCUT2D eigenvalue weighted by atomic mass is 16.5. The third-order valence-corrected chi connectivity index (χ3v) is 5.94. The molecule has 1 atom stereocenters. The molecule has 0 aliphatic carbocycles. The number of aryl methyl sites for hydroxylation is 1. The molecule has 2 aliphatic heterocycles. The van der Waals surface area contributed by atoms with Crippen LogP contribution in [0.3, 0.4) is 0 Å². The molecule has 2 aliphatic rings. The summed E-state index contributed by atoms with van der Waals surface area (Å²) in [5.41, 5.74) is 1.97. The maximum absolute atomic E-state index is 5.99. The molecule has 0 spiro atoms. The van der Waals surface area contributed by atoms with E-state index in [1.54, 1.807) is 0 Å². The number of nitrogens with zero attached hydrogens (tertiary/aromatic N) is 3. The van der Waals surface area contributed by atoms with Crippen LogP contribution in [-0.2, 0) is 6.54 Å². The lowest BCUT2D eigenvalue weighted by Gasteiger charge is -2.49. The molecule has 5 nitrogen and oxygen atoms in total. The van der Waals surface area contributed by atoms with Gasteiger partial charge in [0.15, 0.2) is 0 Å². The molecule has 146 valence electrons. The van der Waals surface area contributed by atoms with Gasteiger partial charge in [-0.2, -0.15) is 0 Å². The van der Waals surface area contributed by atoms with E-state index in [-0.39, 0.29) is 0 Å². The van der Waals surface area contributed by atoms with Gasteiger partial charge < -0.3 is 9.15 Å². The summed E-state index contributed by atoms with van der Waals surface area (Å²) >= 11 is 0. The van der Waals surface area contributed by atoms with E-state index in [9.17, 15) is 0 Å². The first-order valence-electron chi connectivity index (χ1n) is 10.3. The first kappa shape index (κ1) is 18.5. The molecular weight excluding hydrogens is 338 g/mol. The van der Waals surface area contributed by atoms with Gasteiger partial charge >= 0.3 is 0 Å². The average molecular weight is 370 g/mol. The van der Waals surface area contributed by atoms with Crippen LogP contribution in [0, 0.1) is 6.92 Å². The van der Waals surface area contributed by atoms with Gasteiger partial charge in [-0.3, -0.25) is 9.80 Å². The molecular formula is C22H31N3O2. The number of oxazole rings is 1. The zero-order valence-electron chi connectivity index (χ0n) is 16.8. The molecule has 0 radical (unpaired) electrons. The van der Waals surface area contributed by atoms with Crippen molar-refractivity contribution in [2.24, 2.45) is 0 Å².